The molecular weight excluding hydrogens is 274 g/mol. The highest BCUT2D eigenvalue weighted by Gasteiger charge is 2.28. The van der Waals surface area contributed by atoms with Crippen LogP contribution in [-0.4, -0.2) is 23.1 Å². The van der Waals surface area contributed by atoms with Gasteiger partial charge in [-0.15, -0.1) is 0 Å². The number of hydrogen-bond donors (Lipinski definition) is 0. The molecule has 3 heteroatoms. The van der Waals surface area contributed by atoms with Gasteiger partial charge in [-0.1, -0.05) is 48.5 Å². The van der Waals surface area contributed by atoms with Gasteiger partial charge in [0.15, 0.2) is 0 Å². The normalized spacial score (nSPS) is 16.9. The fourth-order valence-corrected chi connectivity index (χ4v) is 3.06. The van der Waals surface area contributed by atoms with Gasteiger partial charge in [0.05, 0.1) is 24.9 Å². The number of carbonyl (C=O) groups excluding carboxylic acids is 1. The minimum absolute atomic E-state index is 0.0787. The molecule has 110 valence electrons. The predicted octanol–water partition coefficient (Wildman–Crippen LogP) is 3.58. The summed E-state index contributed by atoms with van der Waals surface area (Å²) < 4.78 is 7.50. The van der Waals surface area contributed by atoms with Crippen LogP contribution in [0, 0.1) is 6.92 Å². The SMILES string of the molecule is Cc1c(C(=O)c2ccccc2)n(CC2CO2)c2ccccc12. The molecule has 1 atom stereocenters. The Bertz CT molecular complexity index is 845. The summed E-state index contributed by atoms with van der Waals surface area (Å²) in [6.07, 6.45) is 0.234. The summed E-state index contributed by atoms with van der Waals surface area (Å²) in [5, 5.41) is 1.14. The number of aryl methyl sites for hydroxylation is 1. The van der Waals surface area contributed by atoms with Crippen molar-refractivity contribution >= 4 is 16.7 Å². The maximum Gasteiger partial charge on any atom is 0.209 e. The lowest BCUT2D eigenvalue weighted by Gasteiger charge is -2.09. The number of benzene rings is 2. The van der Waals surface area contributed by atoms with E-state index in [1.807, 2.05) is 49.4 Å². The molecule has 22 heavy (non-hydrogen) atoms. The zero-order valence-electron chi connectivity index (χ0n) is 12.5. The first kappa shape index (κ1) is 13.3. The summed E-state index contributed by atoms with van der Waals surface area (Å²) in [7, 11) is 0. The Balaban J connectivity index is 1.91. The van der Waals surface area contributed by atoms with Crippen LogP contribution in [0.15, 0.2) is 54.6 Å². The van der Waals surface area contributed by atoms with Crippen molar-refractivity contribution < 1.29 is 9.53 Å². The van der Waals surface area contributed by atoms with Crippen LogP contribution in [0.2, 0.25) is 0 Å². The molecule has 0 aliphatic carbocycles. The number of rotatable bonds is 4. The highest BCUT2D eigenvalue weighted by molar-refractivity contribution is 6.12. The molecule has 1 aromatic heterocycles. The van der Waals surface area contributed by atoms with Gasteiger partial charge in [-0.05, 0) is 18.6 Å². The Morgan fingerprint density at radius 3 is 2.55 bits per heavy atom. The fraction of sp³-hybridized carbons (Fsp3) is 0.211. The molecule has 3 nitrogen and oxygen atoms in total. The van der Waals surface area contributed by atoms with Crippen LogP contribution in [0.4, 0.5) is 0 Å². The van der Waals surface area contributed by atoms with Gasteiger partial charge in [-0.3, -0.25) is 4.79 Å². The molecule has 0 saturated carbocycles. The van der Waals surface area contributed by atoms with E-state index < -0.39 is 0 Å². The summed E-state index contributed by atoms with van der Waals surface area (Å²) in [6.45, 7) is 3.55. The minimum Gasteiger partial charge on any atom is -0.371 e. The molecule has 0 bridgehead atoms. The number of ketones is 1. The third-order valence-corrected chi connectivity index (χ3v) is 4.26. The Morgan fingerprint density at radius 2 is 1.82 bits per heavy atom. The number of hydrogen-bond acceptors (Lipinski definition) is 2. The Hall–Kier alpha value is -2.39. The molecule has 1 aliphatic heterocycles. The molecule has 1 fully saturated rings. The average Bonchev–Trinajstić information content (AvgIpc) is 3.34. The zero-order chi connectivity index (χ0) is 15.1. The van der Waals surface area contributed by atoms with Crippen molar-refractivity contribution in [2.75, 3.05) is 6.61 Å². The van der Waals surface area contributed by atoms with E-state index in [1.54, 1.807) is 0 Å². The number of nitrogens with zero attached hydrogens (tertiary/aromatic N) is 1. The second-order valence-corrected chi connectivity index (χ2v) is 5.75. The van der Waals surface area contributed by atoms with Gasteiger partial charge in [0.1, 0.15) is 0 Å². The second kappa shape index (κ2) is 5.11. The molecule has 3 aromatic rings. The van der Waals surface area contributed by atoms with Gasteiger partial charge < -0.3 is 9.30 Å². The standard InChI is InChI=1S/C19H17NO2/c1-13-16-9-5-6-10-17(16)20(11-15-12-22-15)18(13)19(21)14-7-3-2-4-8-14/h2-10,15H,11-12H2,1H3. The molecule has 1 saturated heterocycles. The maximum atomic E-state index is 13.0. The molecule has 0 radical (unpaired) electrons. The monoisotopic (exact) mass is 291 g/mol. The molecule has 0 amide bonds. The Labute approximate surface area is 129 Å². The summed E-state index contributed by atoms with van der Waals surface area (Å²) in [6, 6.07) is 17.7. The molecule has 2 aromatic carbocycles. The number of aromatic nitrogens is 1. The van der Waals surface area contributed by atoms with Gasteiger partial charge in [-0.25, -0.2) is 0 Å². The van der Waals surface area contributed by atoms with E-state index >= 15 is 0 Å². The van der Waals surface area contributed by atoms with Gasteiger partial charge in [0.25, 0.3) is 0 Å². The molecule has 1 unspecified atom stereocenters. The van der Waals surface area contributed by atoms with Crippen molar-refractivity contribution in [2.45, 2.75) is 19.6 Å². The topological polar surface area (TPSA) is 34.5 Å². The van der Waals surface area contributed by atoms with Crippen LogP contribution in [0.25, 0.3) is 10.9 Å². The van der Waals surface area contributed by atoms with Crippen LogP contribution < -0.4 is 0 Å². The molecular formula is C19H17NO2. The van der Waals surface area contributed by atoms with E-state index in [9.17, 15) is 4.79 Å². The Kier molecular flexibility index (Phi) is 3.09. The van der Waals surface area contributed by atoms with Crippen molar-refractivity contribution in [1.82, 2.24) is 4.57 Å². The quantitative estimate of drug-likeness (QED) is 0.544. The van der Waals surface area contributed by atoms with Crippen molar-refractivity contribution in [3.8, 4) is 0 Å². The highest BCUT2D eigenvalue weighted by Crippen LogP contribution is 2.29. The van der Waals surface area contributed by atoms with Gasteiger partial charge >= 0.3 is 0 Å². The van der Waals surface area contributed by atoms with E-state index in [0.717, 1.165) is 40.9 Å². The first-order chi connectivity index (χ1) is 10.8. The van der Waals surface area contributed by atoms with E-state index in [1.165, 1.54) is 0 Å². The van der Waals surface area contributed by atoms with Crippen LogP contribution in [0.3, 0.4) is 0 Å². The highest BCUT2D eigenvalue weighted by atomic mass is 16.6. The number of epoxide rings is 1. The van der Waals surface area contributed by atoms with Gasteiger partial charge in [-0.2, -0.15) is 0 Å². The maximum absolute atomic E-state index is 13.0. The van der Waals surface area contributed by atoms with Crippen LogP contribution in [0.5, 0.6) is 0 Å². The first-order valence-corrected chi connectivity index (χ1v) is 7.55. The largest absolute Gasteiger partial charge is 0.371 e. The summed E-state index contributed by atoms with van der Waals surface area (Å²) in [5.41, 5.74) is 3.66. The number of para-hydroxylation sites is 1. The molecule has 0 spiro atoms. The lowest BCUT2D eigenvalue weighted by molar-refractivity contribution is 0.102. The lowest BCUT2D eigenvalue weighted by atomic mass is 10.0. The zero-order valence-corrected chi connectivity index (χ0v) is 12.5. The predicted molar refractivity (Wildman–Crippen MR) is 86.3 cm³/mol. The number of ether oxygens (including phenoxy) is 1. The van der Waals surface area contributed by atoms with E-state index in [-0.39, 0.29) is 11.9 Å². The average molecular weight is 291 g/mol. The van der Waals surface area contributed by atoms with Gasteiger partial charge in [0.2, 0.25) is 5.78 Å². The number of fused-ring (bicyclic) bond motifs is 1. The first-order valence-electron chi connectivity index (χ1n) is 7.55. The van der Waals surface area contributed by atoms with Crippen molar-refractivity contribution in [1.29, 1.82) is 0 Å². The fourth-order valence-electron chi connectivity index (χ4n) is 3.06. The second-order valence-electron chi connectivity index (χ2n) is 5.75. The van der Waals surface area contributed by atoms with Crippen molar-refractivity contribution in [3.05, 3.63) is 71.4 Å². The van der Waals surface area contributed by atoms with Crippen LogP contribution >= 0.6 is 0 Å². The van der Waals surface area contributed by atoms with Crippen LogP contribution in [0.1, 0.15) is 21.6 Å². The summed E-state index contributed by atoms with van der Waals surface area (Å²) in [5.74, 6) is 0.0787. The summed E-state index contributed by atoms with van der Waals surface area (Å²) >= 11 is 0. The van der Waals surface area contributed by atoms with Gasteiger partial charge in [0, 0.05) is 16.5 Å². The molecule has 4 rings (SSSR count). The summed E-state index contributed by atoms with van der Waals surface area (Å²) in [4.78, 5) is 13.0. The van der Waals surface area contributed by atoms with E-state index in [2.05, 4.69) is 16.7 Å². The smallest absolute Gasteiger partial charge is 0.209 e. The van der Waals surface area contributed by atoms with E-state index in [0.29, 0.717) is 0 Å². The molecule has 1 aliphatic rings. The Morgan fingerprint density at radius 1 is 1.14 bits per heavy atom. The van der Waals surface area contributed by atoms with Crippen LogP contribution in [-0.2, 0) is 11.3 Å². The molecule has 2 heterocycles. The van der Waals surface area contributed by atoms with E-state index in [4.69, 9.17) is 4.74 Å². The lowest BCUT2D eigenvalue weighted by Crippen LogP contribution is -2.14. The molecule has 0 N–H and O–H groups in total. The third kappa shape index (κ3) is 2.14. The van der Waals surface area contributed by atoms with Crippen molar-refractivity contribution in [3.63, 3.8) is 0 Å². The minimum atomic E-state index is 0.0787. The van der Waals surface area contributed by atoms with Crippen molar-refractivity contribution in [2.24, 2.45) is 0 Å². The number of carbonyl (C=O) groups is 1. The third-order valence-electron chi connectivity index (χ3n) is 4.26.